The number of amides is 1. The molecule has 3 rings (SSSR count). The van der Waals surface area contributed by atoms with Crippen LogP contribution < -0.4 is 14.8 Å². The van der Waals surface area contributed by atoms with E-state index in [9.17, 15) is 27.6 Å². The highest BCUT2D eigenvalue weighted by Gasteiger charge is 2.24. The number of benzene rings is 2. The number of nitrogens with zero attached hydrogens (tertiary/aromatic N) is 1. The third-order valence-corrected chi connectivity index (χ3v) is 5.36. The number of nitrogens with one attached hydrogen (secondary N) is 1. The fraction of sp³-hybridized carbons (Fsp3) is 0.292. The molecule has 0 saturated heterocycles. The van der Waals surface area contributed by atoms with E-state index in [1.807, 2.05) is 0 Å². The maximum Gasteiger partial charge on any atom is 0.387 e. The van der Waals surface area contributed by atoms with E-state index in [2.05, 4.69) is 10.1 Å². The molecular weight excluding hydrogens is 469 g/mol. The number of hydrogen-bond acceptors (Lipinski definition) is 5. The molecule has 2 aromatic carbocycles. The molecule has 3 aromatic rings. The summed E-state index contributed by atoms with van der Waals surface area (Å²) in [7, 11) is 1.28. The van der Waals surface area contributed by atoms with Gasteiger partial charge in [0.25, 0.3) is 5.91 Å². The molecule has 0 aliphatic rings. The number of methoxy groups -OCH3 is 1. The predicted molar refractivity (Wildman–Crippen MR) is 120 cm³/mol. The summed E-state index contributed by atoms with van der Waals surface area (Å²) in [4.78, 5) is 36.8. The standard InChI is InChI=1S/C24H23F3N2O6/c1-12(8-22(31)32)28-21(30)10-16-13(2)29(19-11-18(25)20(34-3)9-17(16)19)23(33)14-4-6-15(7-5-14)35-24(26)27/h4-7,9,11-12,24H,8,10H2,1-3H3,(H,28,30)(H,31,32). The third-order valence-electron chi connectivity index (χ3n) is 5.36. The second-order valence-corrected chi connectivity index (χ2v) is 7.85. The second kappa shape index (κ2) is 10.5. The lowest BCUT2D eigenvalue weighted by molar-refractivity contribution is -0.137. The number of carboxylic acids is 1. The topological polar surface area (TPSA) is 107 Å². The molecule has 0 fully saturated rings. The van der Waals surface area contributed by atoms with Gasteiger partial charge in [0.2, 0.25) is 5.91 Å². The van der Waals surface area contributed by atoms with Gasteiger partial charge in [-0.15, -0.1) is 0 Å². The number of fused-ring (bicyclic) bond motifs is 1. The van der Waals surface area contributed by atoms with Crippen LogP contribution in [0.15, 0.2) is 36.4 Å². The number of aromatic nitrogens is 1. The Bertz CT molecular complexity index is 1270. The van der Waals surface area contributed by atoms with Gasteiger partial charge < -0.3 is 19.9 Å². The number of halogens is 3. The molecule has 11 heteroatoms. The highest BCUT2D eigenvalue weighted by molar-refractivity contribution is 6.05. The van der Waals surface area contributed by atoms with Gasteiger partial charge in [-0.2, -0.15) is 8.78 Å². The summed E-state index contributed by atoms with van der Waals surface area (Å²) in [5, 5.41) is 11.9. The van der Waals surface area contributed by atoms with Crippen LogP contribution in [0.2, 0.25) is 0 Å². The van der Waals surface area contributed by atoms with E-state index in [1.165, 1.54) is 42.0 Å². The number of ether oxygens (including phenoxy) is 2. The number of carbonyl (C=O) groups is 3. The molecule has 186 valence electrons. The number of aliphatic carboxylic acids is 1. The van der Waals surface area contributed by atoms with Crippen molar-refractivity contribution >= 4 is 28.7 Å². The highest BCUT2D eigenvalue weighted by atomic mass is 19.3. The number of carbonyl (C=O) groups excluding carboxylic acids is 2. The normalized spacial score (nSPS) is 12.0. The summed E-state index contributed by atoms with van der Waals surface area (Å²) in [5.74, 6) is -3.07. The van der Waals surface area contributed by atoms with Crippen LogP contribution in [-0.4, -0.2) is 47.2 Å². The largest absolute Gasteiger partial charge is 0.494 e. The van der Waals surface area contributed by atoms with E-state index >= 15 is 0 Å². The number of alkyl halides is 2. The lowest BCUT2D eigenvalue weighted by Gasteiger charge is -2.12. The number of carboxylic acid groups (broad SMARTS) is 1. The van der Waals surface area contributed by atoms with Crippen LogP contribution in [0.5, 0.6) is 11.5 Å². The van der Waals surface area contributed by atoms with Crippen LogP contribution in [0.25, 0.3) is 10.9 Å². The lowest BCUT2D eigenvalue weighted by atomic mass is 10.1. The van der Waals surface area contributed by atoms with Crippen LogP contribution in [0.3, 0.4) is 0 Å². The first-order valence-electron chi connectivity index (χ1n) is 10.5. The van der Waals surface area contributed by atoms with Crippen molar-refractivity contribution in [2.45, 2.75) is 39.3 Å². The molecule has 8 nitrogen and oxygen atoms in total. The van der Waals surface area contributed by atoms with Gasteiger partial charge in [0.1, 0.15) is 5.75 Å². The molecular formula is C24H23F3N2O6. The van der Waals surface area contributed by atoms with Crippen LogP contribution >= 0.6 is 0 Å². The molecule has 0 aliphatic carbocycles. The van der Waals surface area contributed by atoms with Crippen LogP contribution in [0.1, 0.15) is 35.0 Å². The number of hydrogen-bond donors (Lipinski definition) is 2. The summed E-state index contributed by atoms with van der Waals surface area (Å²) in [5.41, 5.74) is 1.07. The van der Waals surface area contributed by atoms with Crippen molar-refractivity contribution in [3.05, 3.63) is 59.0 Å². The summed E-state index contributed by atoms with van der Waals surface area (Å²) < 4.78 is 50.0. The monoisotopic (exact) mass is 492 g/mol. The Balaban J connectivity index is 2.04. The molecule has 0 bridgehead atoms. The fourth-order valence-electron chi connectivity index (χ4n) is 3.83. The van der Waals surface area contributed by atoms with Crippen molar-refractivity contribution in [1.29, 1.82) is 0 Å². The van der Waals surface area contributed by atoms with Crippen LogP contribution in [0.4, 0.5) is 13.2 Å². The minimum absolute atomic E-state index is 0.0866. The minimum Gasteiger partial charge on any atom is -0.494 e. The molecule has 0 spiro atoms. The lowest BCUT2D eigenvalue weighted by Crippen LogP contribution is -2.35. The first-order valence-corrected chi connectivity index (χ1v) is 10.5. The van der Waals surface area contributed by atoms with Gasteiger partial charge in [-0.1, -0.05) is 0 Å². The summed E-state index contributed by atoms with van der Waals surface area (Å²) in [6.45, 7) is 0.114. The smallest absolute Gasteiger partial charge is 0.387 e. The van der Waals surface area contributed by atoms with Gasteiger partial charge in [0, 0.05) is 28.8 Å². The molecule has 0 aliphatic heterocycles. The molecule has 35 heavy (non-hydrogen) atoms. The minimum atomic E-state index is -3.02. The first-order chi connectivity index (χ1) is 16.5. The Morgan fingerprint density at radius 2 is 1.80 bits per heavy atom. The van der Waals surface area contributed by atoms with Crippen LogP contribution in [0, 0.1) is 12.7 Å². The Morgan fingerprint density at radius 3 is 2.37 bits per heavy atom. The molecule has 1 unspecified atom stereocenters. The molecule has 1 amide bonds. The van der Waals surface area contributed by atoms with Gasteiger partial charge in [0.15, 0.2) is 11.6 Å². The van der Waals surface area contributed by atoms with Crippen molar-refractivity contribution in [3.63, 3.8) is 0 Å². The van der Waals surface area contributed by atoms with Gasteiger partial charge in [0.05, 0.1) is 25.5 Å². The average Bonchev–Trinajstić information content (AvgIpc) is 3.02. The van der Waals surface area contributed by atoms with Crippen molar-refractivity contribution in [1.82, 2.24) is 9.88 Å². The Hall–Kier alpha value is -4.02. The van der Waals surface area contributed by atoms with Crippen LogP contribution in [-0.2, 0) is 16.0 Å². The van der Waals surface area contributed by atoms with E-state index in [4.69, 9.17) is 9.84 Å². The Labute approximate surface area is 198 Å². The molecule has 0 saturated carbocycles. The fourth-order valence-corrected chi connectivity index (χ4v) is 3.83. The molecule has 1 atom stereocenters. The van der Waals surface area contributed by atoms with Crippen molar-refractivity contribution in [2.24, 2.45) is 0 Å². The van der Waals surface area contributed by atoms with Crippen molar-refractivity contribution in [2.75, 3.05) is 7.11 Å². The highest BCUT2D eigenvalue weighted by Crippen LogP contribution is 2.33. The van der Waals surface area contributed by atoms with E-state index in [0.717, 1.165) is 6.07 Å². The second-order valence-electron chi connectivity index (χ2n) is 7.85. The van der Waals surface area contributed by atoms with Crippen molar-refractivity contribution < 1.29 is 42.1 Å². The molecule has 1 aromatic heterocycles. The van der Waals surface area contributed by atoms with E-state index in [-0.39, 0.29) is 35.4 Å². The quantitative estimate of drug-likeness (QED) is 0.469. The summed E-state index contributed by atoms with van der Waals surface area (Å²) in [6, 6.07) is 6.88. The molecule has 0 radical (unpaired) electrons. The SMILES string of the molecule is COc1cc2c(CC(=O)NC(C)CC(=O)O)c(C)n(C(=O)c3ccc(OC(F)F)cc3)c2cc1F. The zero-order valence-corrected chi connectivity index (χ0v) is 19.1. The summed E-state index contributed by atoms with van der Waals surface area (Å²) >= 11 is 0. The maximum atomic E-state index is 14.6. The molecule has 1 heterocycles. The van der Waals surface area contributed by atoms with Gasteiger partial charge in [-0.3, -0.25) is 19.0 Å². The van der Waals surface area contributed by atoms with E-state index < -0.39 is 36.3 Å². The summed E-state index contributed by atoms with van der Waals surface area (Å²) in [6.07, 6.45) is -0.474. The van der Waals surface area contributed by atoms with Gasteiger partial charge in [-0.05, 0) is 49.7 Å². The predicted octanol–water partition coefficient (Wildman–Crippen LogP) is 3.91. The number of rotatable bonds is 9. The Kier molecular flexibility index (Phi) is 7.68. The average molecular weight is 492 g/mol. The Morgan fingerprint density at radius 1 is 1.14 bits per heavy atom. The third kappa shape index (κ3) is 5.73. The maximum absolute atomic E-state index is 14.6. The van der Waals surface area contributed by atoms with Gasteiger partial charge >= 0.3 is 12.6 Å². The zero-order valence-electron chi connectivity index (χ0n) is 19.1. The van der Waals surface area contributed by atoms with E-state index in [0.29, 0.717) is 16.6 Å². The zero-order chi connectivity index (χ0) is 25.9. The van der Waals surface area contributed by atoms with Crippen molar-refractivity contribution in [3.8, 4) is 11.5 Å². The first kappa shape index (κ1) is 25.6. The van der Waals surface area contributed by atoms with E-state index in [1.54, 1.807) is 13.8 Å². The van der Waals surface area contributed by atoms with Gasteiger partial charge in [-0.25, -0.2) is 4.39 Å². The molecule has 2 N–H and O–H groups in total.